The number of hydrogen-bond acceptors (Lipinski definition) is 2. The van der Waals surface area contributed by atoms with E-state index < -0.39 is 0 Å². The molecule has 0 spiro atoms. The Balaban J connectivity index is 2.67. The van der Waals surface area contributed by atoms with Crippen LogP contribution in [0.4, 0.5) is 0 Å². The van der Waals surface area contributed by atoms with Crippen LogP contribution in [0.5, 0.6) is 0 Å². The molecule has 0 fully saturated rings. The average Bonchev–Trinajstić information content (AvgIpc) is 2.31. The van der Waals surface area contributed by atoms with Crippen LogP contribution in [0, 0.1) is 0 Å². The van der Waals surface area contributed by atoms with E-state index in [9.17, 15) is 0 Å². The van der Waals surface area contributed by atoms with Crippen LogP contribution in [0.3, 0.4) is 0 Å². The lowest BCUT2D eigenvalue weighted by Gasteiger charge is -1.79. The topological polar surface area (TPSA) is 26.0 Å². The lowest BCUT2D eigenvalue weighted by Crippen LogP contribution is -1.91. The summed E-state index contributed by atoms with van der Waals surface area (Å²) in [5.41, 5.74) is 5.29. The Morgan fingerprint density at radius 1 is 1.70 bits per heavy atom. The van der Waals surface area contributed by atoms with Gasteiger partial charge < -0.3 is 5.73 Å². The summed E-state index contributed by atoms with van der Waals surface area (Å²) in [5.74, 6) is 0. The van der Waals surface area contributed by atoms with Crippen molar-refractivity contribution in [2.75, 3.05) is 6.54 Å². The van der Waals surface area contributed by atoms with Gasteiger partial charge in [0.2, 0.25) is 0 Å². The second-order valence-corrected chi connectivity index (χ2v) is 3.66. The lowest BCUT2D eigenvalue weighted by molar-refractivity contribution is 1.26. The monoisotopic (exact) mass is 217 g/mol. The average molecular weight is 218 g/mol. The van der Waals surface area contributed by atoms with Crippen molar-refractivity contribution in [2.45, 2.75) is 0 Å². The molecule has 0 aromatic carbocycles. The first kappa shape index (κ1) is 7.98. The predicted molar refractivity (Wildman–Crippen MR) is 50.1 cm³/mol. The summed E-state index contributed by atoms with van der Waals surface area (Å²) in [6.45, 7) is 0.607. The molecule has 0 aliphatic heterocycles. The van der Waals surface area contributed by atoms with E-state index in [1.807, 2.05) is 12.2 Å². The molecule has 1 heterocycles. The van der Waals surface area contributed by atoms with Crippen molar-refractivity contribution >= 4 is 33.3 Å². The maximum Gasteiger partial charge on any atom is 0.0288 e. The molecule has 1 aromatic heterocycles. The van der Waals surface area contributed by atoms with Gasteiger partial charge in [0.15, 0.2) is 0 Å². The van der Waals surface area contributed by atoms with Crippen molar-refractivity contribution in [1.82, 2.24) is 0 Å². The molecule has 1 rings (SSSR count). The van der Waals surface area contributed by atoms with Gasteiger partial charge in [-0.15, -0.1) is 11.3 Å². The predicted octanol–water partition coefficient (Wildman–Crippen LogP) is 2.48. The molecular weight excluding hydrogens is 210 g/mol. The van der Waals surface area contributed by atoms with Crippen molar-refractivity contribution in [3.05, 3.63) is 26.9 Å². The fourth-order valence-electron chi connectivity index (χ4n) is 0.600. The minimum atomic E-state index is 0.607. The van der Waals surface area contributed by atoms with E-state index in [-0.39, 0.29) is 0 Å². The molecule has 0 aliphatic rings. The standard InChI is InChI=1S/C7H8BrNS/c8-6-4-7(10-5-6)2-1-3-9/h1-2,4-5H,3,9H2/b2-1+. The Labute approximate surface area is 72.7 Å². The van der Waals surface area contributed by atoms with Gasteiger partial charge in [0.1, 0.15) is 0 Å². The highest BCUT2D eigenvalue weighted by Gasteiger charge is 1.90. The van der Waals surface area contributed by atoms with Gasteiger partial charge in [0.25, 0.3) is 0 Å². The minimum absolute atomic E-state index is 0.607. The highest BCUT2D eigenvalue weighted by atomic mass is 79.9. The van der Waals surface area contributed by atoms with Crippen molar-refractivity contribution < 1.29 is 0 Å². The number of nitrogens with two attached hydrogens (primary N) is 1. The number of rotatable bonds is 2. The van der Waals surface area contributed by atoms with Gasteiger partial charge in [-0.3, -0.25) is 0 Å². The fourth-order valence-corrected chi connectivity index (χ4v) is 1.96. The first-order valence-corrected chi connectivity index (χ1v) is 4.61. The SMILES string of the molecule is NC/C=C/c1cc(Br)cs1. The summed E-state index contributed by atoms with van der Waals surface area (Å²) in [7, 11) is 0. The second-order valence-electron chi connectivity index (χ2n) is 1.81. The van der Waals surface area contributed by atoms with E-state index in [2.05, 4.69) is 27.4 Å². The number of thiophene rings is 1. The first-order chi connectivity index (χ1) is 4.83. The van der Waals surface area contributed by atoms with Crippen molar-refractivity contribution in [1.29, 1.82) is 0 Å². The van der Waals surface area contributed by atoms with Crippen LogP contribution < -0.4 is 5.73 Å². The Morgan fingerprint density at radius 3 is 3.00 bits per heavy atom. The molecule has 10 heavy (non-hydrogen) atoms. The van der Waals surface area contributed by atoms with Gasteiger partial charge in [0.05, 0.1) is 0 Å². The molecule has 54 valence electrons. The highest BCUT2D eigenvalue weighted by Crippen LogP contribution is 2.20. The van der Waals surface area contributed by atoms with E-state index >= 15 is 0 Å². The zero-order chi connectivity index (χ0) is 7.40. The Bertz CT molecular complexity index is 229. The molecule has 3 heteroatoms. The van der Waals surface area contributed by atoms with Crippen LogP contribution in [0.15, 0.2) is 22.0 Å². The summed E-state index contributed by atoms with van der Waals surface area (Å²) in [6.07, 6.45) is 3.97. The van der Waals surface area contributed by atoms with Crippen LogP contribution in [0.25, 0.3) is 6.08 Å². The Kier molecular flexibility index (Phi) is 3.12. The molecule has 0 saturated carbocycles. The van der Waals surface area contributed by atoms with Crippen LogP contribution in [0.2, 0.25) is 0 Å². The summed E-state index contributed by atoms with van der Waals surface area (Å²) in [6, 6.07) is 2.07. The molecule has 0 saturated heterocycles. The third kappa shape index (κ3) is 2.25. The minimum Gasteiger partial charge on any atom is -0.327 e. The molecule has 2 N–H and O–H groups in total. The van der Waals surface area contributed by atoms with Crippen LogP contribution in [-0.2, 0) is 0 Å². The zero-order valence-electron chi connectivity index (χ0n) is 5.38. The molecule has 1 aromatic rings. The molecule has 0 aliphatic carbocycles. The van der Waals surface area contributed by atoms with Crippen LogP contribution >= 0.6 is 27.3 Å². The normalized spacial score (nSPS) is 11.0. The smallest absolute Gasteiger partial charge is 0.0288 e. The second kappa shape index (κ2) is 3.91. The maximum atomic E-state index is 5.29. The molecule has 0 atom stereocenters. The number of hydrogen-bond donors (Lipinski definition) is 1. The van der Waals surface area contributed by atoms with E-state index in [0.717, 1.165) is 4.47 Å². The fraction of sp³-hybridized carbons (Fsp3) is 0.143. The molecule has 0 unspecified atom stereocenters. The Morgan fingerprint density at radius 2 is 2.50 bits per heavy atom. The van der Waals surface area contributed by atoms with E-state index in [1.165, 1.54) is 4.88 Å². The number of halogens is 1. The zero-order valence-corrected chi connectivity index (χ0v) is 7.78. The summed E-state index contributed by atoms with van der Waals surface area (Å²) >= 11 is 5.07. The van der Waals surface area contributed by atoms with Crippen molar-refractivity contribution in [3.63, 3.8) is 0 Å². The Hall–Kier alpha value is -0.120. The van der Waals surface area contributed by atoms with Gasteiger partial charge in [-0.1, -0.05) is 6.08 Å². The molecule has 1 nitrogen and oxygen atoms in total. The van der Waals surface area contributed by atoms with Gasteiger partial charge >= 0.3 is 0 Å². The highest BCUT2D eigenvalue weighted by molar-refractivity contribution is 9.10. The third-order valence-electron chi connectivity index (χ3n) is 1.01. The van der Waals surface area contributed by atoms with Crippen molar-refractivity contribution in [3.8, 4) is 0 Å². The van der Waals surface area contributed by atoms with E-state index in [0.29, 0.717) is 6.54 Å². The largest absolute Gasteiger partial charge is 0.327 e. The van der Waals surface area contributed by atoms with Gasteiger partial charge in [-0.05, 0) is 28.1 Å². The van der Waals surface area contributed by atoms with E-state index in [1.54, 1.807) is 11.3 Å². The summed E-state index contributed by atoms with van der Waals surface area (Å²) in [5, 5.41) is 2.05. The van der Waals surface area contributed by atoms with Gasteiger partial charge in [-0.2, -0.15) is 0 Å². The lowest BCUT2D eigenvalue weighted by atomic mass is 10.4. The molecule has 0 bridgehead atoms. The molecule has 0 amide bonds. The quantitative estimate of drug-likeness (QED) is 0.810. The van der Waals surface area contributed by atoms with E-state index in [4.69, 9.17) is 5.73 Å². The van der Waals surface area contributed by atoms with Crippen LogP contribution in [0.1, 0.15) is 4.88 Å². The first-order valence-electron chi connectivity index (χ1n) is 2.93. The maximum absolute atomic E-state index is 5.29. The molecular formula is C7H8BrNS. The summed E-state index contributed by atoms with van der Waals surface area (Å²) in [4.78, 5) is 1.23. The molecule has 0 radical (unpaired) electrons. The van der Waals surface area contributed by atoms with Crippen LogP contribution in [-0.4, -0.2) is 6.54 Å². The van der Waals surface area contributed by atoms with Gasteiger partial charge in [-0.25, -0.2) is 0 Å². The van der Waals surface area contributed by atoms with Crippen molar-refractivity contribution in [2.24, 2.45) is 5.73 Å². The van der Waals surface area contributed by atoms with Gasteiger partial charge in [0, 0.05) is 21.3 Å². The summed E-state index contributed by atoms with van der Waals surface area (Å²) < 4.78 is 1.13. The third-order valence-corrected chi connectivity index (χ3v) is 2.66.